The highest BCUT2D eigenvalue weighted by molar-refractivity contribution is 6.10. The van der Waals surface area contributed by atoms with E-state index in [1.165, 1.54) is 47.6 Å². The van der Waals surface area contributed by atoms with E-state index in [2.05, 4.69) is 30.3 Å². The molecule has 0 bridgehead atoms. The first-order chi connectivity index (χ1) is 10.3. The van der Waals surface area contributed by atoms with E-state index >= 15 is 0 Å². The van der Waals surface area contributed by atoms with Gasteiger partial charge in [0.1, 0.15) is 0 Å². The van der Waals surface area contributed by atoms with Crippen LogP contribution in [0.5, 0.6) is 0 Å². The lowest BCUT2D eigenvalue weighted by atomic mass is 9.88. The molecular formula is C20H22O. The van der Waals surface area contributed by atoms with Crippen molar-refractivity contribution in [2.75, 3.05) is 0 Å². The van der Waals surface area contributed by atoms with Gasteiger partial charge in [-0.25, -0.2) is 0 Å². The summed E-state index contributed by atoms with van der Waals surface area (Å²) >= 11 is 0. The van der Waals surface area contributed by atoms with E-state index in [9.17, 15) is 4.79 Å². The van der Waals surface area contributed by atoms with Gasteiger partial charge >= 0.3 is 0 Å². The van der Waals surface area contributed by atoms with Gasteiger partial charge in [0.15, 0.2) is 5.78 Å². The number of Topliss-reactive ketones (excluding diaryl/α,β-unsaturated/α-hetero) is 1. The Labute approximate surface area is 126 Å². The zero-order valence-electron chi connectivity index (χ0n) is 12.5. The predicted molar refractivity (Wildman–Crippen MR) is 86.9 cm³/mol. The summed E-state index contributed by atoms with van der Waals surface area (Å²) in [6, 6.07) is 10.8. The molecule has 4 rings (SSSR count). The summed E-state index contributed by atoms with van der Waals surface area (Å²) in [5.41, 5.74) is 3.83. The molecule has 0 unspecified atom stereocenters. The van der Waals surface area contributed by atoms with Crippen LogP contribution in [0.25, 0.3) is 10.8 Å². The summed E-state index contributed by atoms with van der Waals surface area (Å²) in [5, 5.41) is 2.58. The first kappa shape index (κ1) is 13.1. The van der Waals surface area contributed by atoms with Gasteiger partial charge in [-0.15, -0.1) is 0 Å². The van der Waals surface area contributed by atoms with Crippen molar-refractivity contribution >= 4 is 16.6 Å². The molecule has 1 fully saturated rings. The molecule has 2 aliphatic rings. The van der Waals surface area contributed by atoms with Crippen LogP contribution < -0.4 is 0 Å². The van der Waals surface area contributed by atoms with Gasteiger partial charge < -0.3 is 0 Å². The first-order valence-corrected chi connectivity index (χ1v) is 8.42. The highest BCUT2D eigenvalue weighted by atomic mass is 16.1. The molecule has 0 radical (unpaired) electrons. The zero-order chi connectivity index (χ0) is 14.2. The lowest BCUT2D eigenvalue weighted by Crippen LogP contribution is -2.14. The molecule has 0 amide bonds. The Morgan fingerprint density at radius 3 is 2.33 bits per heavy atom. The summed E-state index contributed by atoms with van der Waals surface area (Å²) in [5.74, 6) is 0.651. The standard InChI is InChI=1S/C20H22O/c21-20(16-6-3-1-2-4-7-16)18-13-12-15-11-10-14-8-5-9-17(18)19(14)15/h5,8-9,12-13,16H,1-4,6-7,10-11H2. The van der Waals surface area contributed by atoms with Crippen LogP contribution >= 0.6 is 0 Å². The van der Waals surface area contributed by atoms with E-state index in [0.29, 0.717) is 5.78 Å². The summed E-state index contributed by atoms with van der Waals surface area (Å²) in [7, 11) is 0. The Hall–Kier alpha value is -1.63. The number of rotatable bonds is 2. The van der Waals surface area contributed by atoms with Crippen molar-refractivity contribution < 1.29 is 4.79 Å². The average molecular weight is 278 g/mol. The predicted octanol–water partition coefficient (Wildman–Crippen LogP) is 5.09. The summed E-state index contributed by atoms with van der Waals surface area (Å²) < 4.78 is 0. The van der Waals surface area contributed by atoms with E-state index < -0.39 is 0 Å². The quantitative estimate of drug-likeness (QED) is 0.552. The van der Waals surface area contributed by atoms with E-state index in [1.54, 1.807) is 0 Å². The van der Waals surface area contributed by atoms with Gasteiger partial charge in [-0.1, -0.05) is 56.0 Å². The third-order valence-corrected chi connectivity index (χ3v) is 5.37. The Bertz CT molecular complexity index is 680. The van der Waals surface area contributed by atoms with Crippen molar-refractivity contribution in [3.63, 3.8) is 0 Å². The molecule has 0 heterocycles. The van der Waals surface area contributed by atoms with Crippen LogP contribution in [-0.4, -0.2) is 5.78 Å². The number of hydrogen-bond donors (Lipinski definition) is 0. The van der Waals surface area contributed by atoms with Crippen molar-refractivity contribution in [2.45, 2.75) is 51.4 Å². The lowest BCUT2D eigenvalue weighted by Gasteiger charge is -2.15. The Kier molecular flexibility index (Phi) is 3.29. The van der Waals surface area contributed by atoms with Gasteiger partial charge in [0, 0.05) is 11.5 Å². The molecule has 21 heavy (non-hydrogen) atoms. The van der Waals surface area contributed by atoms with Crippen LogP contribution in [0.2, 0.25) is 0 Å². The maximum absolute atomic E-state index is 13.0. The molecule has 2 aromatic rings. The zero-order valence-corrected chi connectivity index (χ0v) is 12.5. The van der Waals surface area contributed by atoms with Crippen molar-refractivity contribution in [2.24, 2.45) is 5.92 Å². The lowest BCUT2D eigenvalue weighted by molar-refractivity contribution is 0.0909. The molecule has 0 atom stereocenters. The molecule has 0 aromatic heterocycles. The Morgan fingerprint density at radius 2 is 1.57 bits per heavy atom. The highest BCUT2D eigenvalue weighted by Gasteiger charge is 2.24. The third kappa shape index (κ3) is 2.19. The van der Waals surface area contributed by atoms with Crippen LogP contribution in [0.3, 0.4) is 0 Å². The second kappa shape index (κ2) is 5.29. The molecule has 2 aromatic carbocycles. The van der Waals surface area contributed by atoms with Crippen LogP contribution in [0, 0.1) is 5.92 Å². The van der Waals surface area contributed by atoms with Crippen molar-refractivity contribution in [1.29, 1.82) is 0 Å². The van der Waals surface area contributed by atoms with Gasteiger partial charge in [0.05, 0.1) is 0 Å². The van der Waals surface area contributed by atoms with Crippen LogP contribution in [0.4, 0.5) is 0 Å². The van der Waals surface area contributed by atoms with E-state index in [0.717, 1.165) is 31.2 Å². The monoisotopic (exact) mass is 278 g/mol. The highest BCUT2D eigenvalue weighted by Crippen LogP contribution is 2.35. The third-order valence-electron chi connectivity index (χ3n) is 5.37. The minimum Gasteiger partial charge on any atom is -0.294 e. The number of aryl methyl sites for hydroxylation is 2. The van der Waals surface area contributed by atoms with Gasteiger partial charge in [0.2, 0.25) is 0 Å². The fraction of sp³-hybridized carbons (Fsp3) is 0.450. The van der Waals surface area contributed by atoms with Gasteiger partial charge in [-0.3, -0.25) is 4.79 Å². The molecule has 1 heteroatoms. The van der Waals surface area contributed by atoms with E-state index in [-0.39, 0.29) is 5.92 Å². The Morgan fingerprint density at radius 1 is 0.857 bits per heavy atom. The van der Waals surface area contributed by atoms with Crippen molar-refractivity contribution in [3.05, 3.63) is 47.0 Å². The molecule has 108 valence electrons. The number of benzene rings is 2. The van der Waals surface area contributed by atoms with E-state index in [1.807, 2.05) is 0 Å². The topological polar surface area (TPSA) is 17.1 Å². The molecule has 0 aliphatic heterocycles. The molecule has 1 saturated carbocycles. The second-order valence-electron chi connectivity index (χ2n) is 6.66. The SMILES string of the molecule is O=C(c1ccc2c3c(cccc13)CC2)C1CCCCCC1. The molecule has 0 saturated heterocycles. The number of hydrogen-bond acceptors (Lipinski definition) is 1. The minimum atomic E-state index is 0.256. The largest absolute Gasteiger partial charge is 0.294 e. The molecule has 0 N–H and O–H groups in total. The number of carbonyl (C=O) groups is 1. The van der Waals surface area contributed by atoms with Crippen LogP contribution in [-0.2, 0) is 12.8 Å². The first-order valence-electron chi connectivity index (χ1n) is 8.42. The fourth-order valence-corrected chi connectivity index (χ4v) is 4.22. The summed E-state index contributed by atoms with van der Waals surface area (Å²) in [6.07, 6.45) is 9.47. The van der Waals surface area contributed by atoms with Gasteiger partial charge in [0.25, 0.3) is 0 Å². The summed E-state index contributed by atoms with van der Waals surface area (Å²) in [6.45, 7) is 0. The number of carbonyl (C=O) groups excluding carboxylic acids is 1. The minimum absolute atomic E-state index is 0.256. The molecular weight excluding hydrogens is 256 g/mol. The Balaban J connectivity index is 1.78. The van der Waals surface area contributed by atoms with Crippen molar-refractivity contribution in [3.8, 4) is 0 Å². The average Bonchev–Trinajstić information content (AvgIpc) is 2.76. The van der Waals surface area contributed by atoms with Crippen molar-refractivity contribution in [1.82, 2.24) is 0 Å². The normalized spacial score (nSPS) is 18.9. The van der Waals surface area contributed by atoms with Gasteiger partial charge in [-0.05, 0) is 47.6 Å². The maximum atomic E-state index is 13.0. The second-order valence-corrected chi connectivity index (χ2v) is 6.66. The maximum Gasteiger partial charge on any atom is 0.166 e. The number of ketones is 1. The molecule has 2 aliphatic carbocycles. The van der Waals surface area contributed by atoms with Gasteiger partial charge in [-0.2, -0.15) is 0 Å². The fourth-order valence-electron chi connectivity index (χ4n) is 4.22. The smallest absolute Gasteiger partial charge is 0.166 e. The molecule has 1 nitrogen and oxygen atoms in total. The summed E-state index contributed by atoms with van der Waals surface area (Å²) in [4.78, 5) is 13.0. The van der Waals surface area contributed by atoms with E-state index in [4.69, 9.17) is 0 Å². The van der Waals surface area contributed by atoms with Crippen LogP contribution in [0.15, 0.2) is 30.3 Å². The molecule has 0 spiro atoms. The van der Waals surface area contributed by atoms with Crippen LogP contribution in [0.1, 0.15) is 60.0 Å².